The summed E-state index contributed by atoms with van der Waals surface area (Å²) in [4.78, 5) is 19.1. The molecule has 2 amide bonds. The first-order valence-electron chi connectivity index (χ1n) is 12.4. The zero-order chi connectivity index (χ0) is 26.0. The van der Waals surface area contributed by atoms with Gasteiger partial charge in [0.25, 0.3) is 8.32 Å². The van der Waals surface area contributed by atoms with Crippen molar-refractivity contribution in [3.63, 3.8) is 0 Å². The van der Waals surface area contributed by atoms with Gasteiger partial charge in [0, 0.05) is 17.0 Å². The fraction of sp³-hybridized carbons (Fsp3) is 0.233. The van der Waals surface area contributed by atoms with Gasteiger partial charge in [0.1, 0.15) is 6.04 Å². The maximum atomic E-state index is 13.3. The number of aromatic nitrogens is 1. The van der Waals surface area contributed by atoms with E-state index < -0.39 is 20.4 Å². The number of hydrogen-bond donors (Lipinski definition) is 1. The summed E-state index contributed by atoms with van der Waals surface area (Å²) in [6, 6.07) is 29.3. The van der Waals surface area contributed by atoms with E-state index in [9.17, 15) is 10.1 Å². The lowest BCUT2D eigenvalue weighted by Gasteiger charge is -2.43. The van der Waals surface area contributed by atoms with Crippen molar-refractivity contribution in [3.8, 4) is 6.07 Å². The molecule has 7 heteroatoms. The summed E-state index contributed by atoms with van der Waals surface area (Å²) < 4.78 is 7.03. The summed E-state index contributed by atoms with van der Waals surface area (Å²) in [5.41, 5.74) is 0.620. The second kappa shape index (κ2) is 9.81. The molecule has 4 aromatic rings. The van der Waals surface area contributed by atoms with Crippen LogP contribution in [0, 0.1) is 11.3 Å². The summed E-state index contributed by atoms with van der Waals surface area (Å²) in [5, 5.41) is 17.2. The Kier molecular flexibility index (Phi) is 6.55. The second-order valence-electron chi connectivity index (χ2n) is 10.4. The zero-order valence-corrected chi connectivity index (χ0v) is 22.3. The summed E-state index contributed by atoms with van der Waals surface area (Å²) in [6.07, 6.45) is 3.41. The Hall–Kier alpha value is -3.99. The molecule has 186 valence electrons. The van der Waals surface area contributed by atoms with E-state index in [1.807, 2.05) is 60.7 Å². The summed E-state index contributed by atoms with van der Waals surface area (Å²) in [6.45, 7) is 6.85. The first kappa shape index (κ1) is 24.7. The molecule has 2 atom stereocenters. The van der Waals surface area contributed by atoms with Crippen molar-refractivity contribution in [1.82, 2.24) is 10.3 Å². The van der Waals surface area contributed by atoms with Gasteiger partial charge in [-0.05, 0) is 15.4 Å². The van der Waals surface area contributed by atoms with Crippen LogP contribution in [0.3, 0.4) is 0 Å². The zero-order valence-electron chi connectivity index (χ0n) is 21.3. The van der Waals surface area contributed by atoms with E-state index in [1.165, 1.54) is 4.90 Å². The van der Waals surface area contributed by atoms with Crippen LogP contribution in [0.15, 0.2) is 97.3 Å². The smallest absolute Gasteiger partial charge is 0.323 e. The average molecular weight is 507 g/mol. The standard InChI is InChI=1S/C30H30N4O2Si/c1-30(2,3)37(23-13-6-4-7-14-23,24-15-8-5-9-16-24)36-21-26-27(18-31)34(29(35)33-26)28-20-32-19-22-12-10-11-17-25(22)28/h4-17,19-20,26-27H,21H2,1-3H3,(H,33,35). The van der Waals surface area contributed by atoms with Crippen molar-refractivity contribution >= 4 is 41.2 Å². The molecule has 0 spiro atoms. The lowest BCUT2D eigenvalue weighted by Crippen LogP contribution is -2.67. The molecule has 1 N–H and O–H groups in total. The van der Waals surface area contributed by atoms with Crippen LogP contribution in [-0.4, -0.2) is 38.0 Å². The number of urea groups is 1. The molecule has 1 aliphatic rings. The second-order valence-corrected chi connectivity index (χ2v) is 14.7. The SMILES string of the molecule is CC(C)(C)[Si](OCC1NC(=O)N(c2cncc3ccccc23)C1C#N)(c1ccccc1)c1ccccc1. The molecule has 2 unspecified atom stereocenters. The molecule has 1 fully saturated rings. The Bertz CT molecular complexity index is 1400. The van der Waals surface area contributed by atoms with Crippen LogP contribution < -0.4 is 20.6 Å². The third kappa shape index (κ3) is 4.29. The number of carbonyl (C=O) groups excluding carboxylic acids is 1. The number of fused-ring (bicyclic) bond motifs is 1. The highest BCUT2D eigenvalue weighted by molar-refractivity contribution is 6.99. The average Bonchev–Trinajstić information content (AvgIpc) is 3.24. The van der Waals surface area contributed by atoms with Gasteiger partial charge < -0.3 is 9.74 Å². The van der Waals surface area contributed by atoms with Crippen molar-refractivity contribution in [2.24, 2.45) is 0 Å². The molecule has 0 aliphatic carbocycles. The summed E-state index contributed by atoms with van der Waals surface area (Å²) >= 11 is 0. The molecule has 37 heavy (non-hydrogen) atoms. The van der Waals surface area contributed by atoms with E-state index >= 15 is 0 Å². The van der Waals surface area contributed by atoms with Gasteiger partial charge in [0.2, 0.25) is 0 Å². The highest BCUT2D eigenvalue weighted by Crippen LogP contribution is 2.37. The Morgan fingerprint density at radius 2 is 1.54 bits per heavy atom. The number of benzene rings is 3. The van der Waals surface area contributed by atoms with Crippen LogP contribution in [0.25, 0.3) is 10.8 Å². The number of nitrogens with zero attached hydrogens (tertiary/aromatic N) is 3. The van der Waals surface area contributed by atoms with Crippen LogP contribution >= 0.6 is 0 Å². The first-order chi connectivity index (χ1) is 17.9. The Labute approximate surface area is 218 Å². The maximum absolute atomic E-state index is 13.3. The van der Waals surface area contributed by atoms with Crippen molar-refractivity contribution in [2.45, 2.75) is 37.9 Å². The van der Waals surface area contributed by atoms with Gasteiger partial charge >= 0.3 is 6.03 Å². The number of nitrogens with one attached hydrogen (secondary N) is 1. The predicted molar refractivity (Wildman–Crippen MR) is 150 cm³/mol. The normalized spacial score (nSPS) is 18.0. The molecule has 0 saturated carbocycles. The number of carbonyl (C=O) groups is 1. The number of pyridine rings is 1. The number of rotatable bonds is 6. The van der Waals surface area contributed by atoms with Crippen molar-refractivity contribution < 1.29 is 9.22 Å². The summed E-state index contributed by atoms with van der Waals surface area (Å²) in [7, 11) is -2.82. The van der Waals surface area contributed by atoms with Crippen LogP contribution in [0.4, 0.5) is 10.5 Å². The maximum Gasteiger partial charge on any atom is 0.323 e. The minimum Gasteiger partial charge on any atom is -0.405 e. The molecule has 1 saturated heterocycles. The van der Waals surface area contributed by atoms with Gasteiger partial charge in [-0.1, -0.05) is 106 Å². The van der Waals surface area contributed by atoms with Gasteiger partial charge in [0.05, 0.1) is 30.6 Å². The molecule has 0 radical (unpaired) electrons. The Balaban J connectivity index is 1.53. The van der Waals surface area contributed by atoms with Crippen molar-refractivity contribution in [2.75, 3.05) is 11.5 Å². The minimum absolute atomic E-state index is 0.209. The molecular weight excluding hydrogens is 476 g/mol. The van der Waals surface area contributed by atoms with Gasteiger partial charge in [-0.2, -0.15) is 5.26 Å². The lowest BCUT2D eigenvalue weighted by molar-refractivity contribution is 0.240. The van der Waals surface area contributed by atoms with E-state index in [-0.39, 0.29) is 17.7 Å². The van der Waals surface area contributed by atoms with Gasteiger partial charge in [-0.25, -0.2) is 4.79 Å². The molecular formula is C30H30N4O2Si. The first-order valence-corrected chi connectivity index (χ1v) is 14.3. The van der Waals surface area contributed by atoms with Crippen LogP contribution in [0.5, 0.6) is 0 Å². The van der Waals surface area contributed by atoms with E-state index in [1.54, 1.807) is 12.4 Å². The molecule has 0 bridgehead atoms. The number of anilines is 1. The molecule has 1 aliphatic heterocycles. The third-order valence-corrected chi connectivity index (χ3v) is 12.1. The lowest BCUT2D eigenvalue weighted by atomic mass is 10.1. The largest absolute Gasteiger partial charge is 0.405 e. The third-order valence-electron chi connectivity index (χ3n) is 7.12. The van der Waals surface area contributed by atoms with Crippen LogP contribution in [0.1, 0.15) is 20.8 Å². The number of nitriles is 1. The number of amides is 2. The number of hydrogen-bond acceptors (Lipinski definition) is 4. The monoisotopic (exact) mass is 506 g/mol. The molecule has 5 rings (SSSR count). The topological polar surface area (TPSA) is 78.2 Å². The predicted octanol–water partition coefficient (Wildman–Crippen LogP) is 4.60. The Morgan fingerprint density at radius 1 is 0.946 bits per heavy atom. The van der Waals surface area contributed by atoms with E-state index in [4.69, 9.17) is 4.43 Å². The summed E-state index contributed by atoms with van der Waals surface area (Å²) in [5.74, 6) is 0. The van der Waals surface area contributed by atoms with Crippen molar-refractivity contribution in [1.29, 1.82) is 5.26 Å². The van der Waals surface area contributed by atoms with E-state index in [0.29, 0.717) is 5.69 Å². The fourth-order valence-corrected chi connectivity index (χ4v) is 10.0. The molecule has 1 aromatic heterocycles. The minimum atomic E-state index is -2.82. The van der Waals surface area contributed by atoms with Gasteiger partial charge in [0.15, 0.2) is 0 Å². The van der Waals surface area contributed by atoms with Gasteiger partial charge in [-0.3, -0.25) is 9.88 Å². The Morgan fingerprint density at radius 3 is 2.14 bits per heavy atom. The van der Waals surface area contributed by atoms with E-state index in [2.05, 4.69) is 61.4 Å². The van der Waals surface area contributed by atoms with Gasteiger partial charge in [-0.15, -0.1) is 0 Å². The highest BCUT2D eigenvalue weighted by atomic mass is 28.4. The fourth-order valence-electron chi connectivity index (χ4n) is 5.42. The quantitative estimate of drug-likeness (QED) is 0.388. The van der Waals surface area contributed by atoms with Crippen LogP contribution in [0.2, 0.25) is 5.04 Å². The van der Waals surface area contributed by atoms with Crippen molar-refractivity contribution in [3.05, 3.63) is 97.3 Å². The molecule has 6 nitrogen and oxygen atoms in total. The van der Waals surface area contributed by atoms with E-state index in [0.717, 1.165) is 21.1 Å². The van der Waals surface area contributed by atoms with Crippen LogP contribution in [-0.2, 0) is 4.43 Å². The molecule has 3 aromatic carbocycles. The highest BCUT2D eigenvalue weighted by Gasteiger charge is 2.51. The molecule has 2 heterocycles.